The van der Waals surface area contributed by atoms with Gasteiger partial charge in [-0.1, -0.05) is 0 Å². The maximum atomic E-state index is 11.1. The summed E-state index contributed by atoms with van der Waals surface area (Å²) in [6, 6.07) is 8.54. The third-order valence-electron chi connectivity index (χ3n) is 3.14. The van der Waals surface area contributed by atoms with Gasteiger partial charge in [0.25, 0.3) is 11.4 Å². The molecule has 23 heavy (non-hydrogen) atoms. The van der Waals surface area contributed by atoms with E-state index in [1.165, 1.54) is 12.1 Å². The van der Waals surface area contributed by atoms with Crippen LogP contribution in [0.1, 0.15) is 0 Å². The van der Waals surface area contributed by atoms with Gasteiger partial charge in [-0.25, -0.2) is 0 Å². The third-order valence-corrected chi connectivity index (χ3v) is 3.14. The van der Waals surface area contributed by atoms with Crippen LogP contribution in [0.3, 0.4) is 0 Å². The quantitative estimate of drug-likeness (QED) is 0.579. The Hall–Kier alpha value is -3.62. The number of rotatable bonds is 4. The van der Waals surface area contributed by atoms with Crippen LogP contribution in [-0.2, 0) is 0 Å². The van der Waals surface area contributed by atoms with Crippen molar-refractivity contribution in [2.45, 2.75) is 0 Å². The van der Waals surface area contributed by atoms with Crippen molar-refractivity contribution in [3.05, 3.63) is 69.0 Å². The number of nitrogens with zero attached hydrogens (tertiary/aromatic N) is 4. The minimum atomic E-state index is -0.678. The molecule has 9 nitrogen and oxygen atoms in total. The summed E-state index contributed by atoms with van der Waals surface area (Å²) in [7, 11) is 0. The number of hydrogen-bond donors (Lipinski definition) is 1. The van der Waals surface area contributed by atoms with Gasteiger partial charge in [0.05, 0.1) is 26.9 Å². The molecule has 0 radical (unpaired) electrons. The minimum Gasteiger partial charge on any atom is -0.350 e. The van der Waals surface area contributed by atoms with E-state index in [2.05, 4.69) is 15.3 Å². The lowest BCUT2D eigenvalue weighted by Crippen LogP contribution is -1.99. The highest BCUT2D eigenvalue weighted by atomic mass is 16.6. The zero-order valence-corrected chi connectivity index (χ0v) is 11.5. The number of hydrogen-bond acceptors (Lipinski definition) is 7. The summed E-state index contributed by atoms with van der Waals surface area (Å²) in [6.45, 7) is 0. The number of non-ortho nitro benzene ring substituents is 1. The Morgan fingerprint density at radius 3 is 2.30 bits per heavy atom. The molecule has 0 amide bonds. The highest BCUT2D eigenvalue weighted by Crippen LogP contribution is 2.31. The van der Waals surface area contributed by atoms with Crippen LogP contribution < -0.4 is 5.32 Å². The van der Waals surface area contributed by atoms with Crippen LogP contribution in [0.25, 0.3) is 11.0 Å². The van der Waals surface area contributed by atoms with Crippen LogP contribution in [0.2, 0.25) is 0 Å². The summed E-state index contributed by atoms with van der Waals surface area (Å²) >= 11 is 0. The molecule has 1 N–H and O–H groups in total. The fourth-order valence-corrected chi connectivity index (χ4v) is 2.09. The first-order chi connectivity index (χ1) is 11.0. The van der Waals surface area contributed by atoms with Crippen molar-refractivity contribution in [2.24, 2.45) is 0 Å². The molecule has 0 bridgehead atoms. The number of aromatic nitrogens is 2. The summed E-state index contributed by atoms with van der Waals surface area (Å²) in [5.74, 6) is 0. The lowest BCUT2D eigenvalue weighted by Gasteiger charge is -2.07. The second-order valence-electron chi connectivity index (χ2n) is 4.60. The Labute approximate surface area is 128 Å². The topological polar surface area (TPSA) is 124 Å². The minimum absolute atomic E-state index is 0.156. The standard InChI is InChI=1S/C14H9N5O4/c20-18(21)10-2-4-12(14(8-10)19(22)23)17-9-1-3-11-13(7-9)16-6-5-15-11/h1-8,17H. The molecule has 2 aromatic carbocycles. The normalized spacial score (nSPS) is 10.4. The zero-order chi connectivity index (χ0) is 16.4. The van der Waals surface area contributed by atoms with E-state index >= 15 is 0 Å². The number of anilines is 2. The van der Waals surface area contributed by atoms with Crippen molar-refractivity contribution in [1.29, 1.82) is 0 Å². The zero-order valence-electron chi connectivity index (χ0n) is 11.5. The van der Waals surface area contributed by atoms with Gasteiger partial charge < -0.3 is 5.32 Å². The predicted octanol–water partition coefficient (Wildman–Crippen LogP) is 3.19. The Balaban J connectivity index is 2.00. The SMILES string of the molecule is O=[N+]([O-])c1ccc(Nc2ccc3nccnc3c2)c([N+](=O)[O-])c1. The fraction of sp³-hybridized carbons (Fsp3) is 0. The number of nitro benzene ring substituents is 2. The van der Waals surface area contributed by atoms with Gasteiger partial charge in [0.15, 0.2) is 0 Å². The first-order valence-corrected chi connectivity index (χ1v) is 6.45. The monoisotopic (exact) mass is 311 g/mol. The summed E-state index contributed by atoms with van der Waals surface area (Å²) < 4.78 is 0. The fourth-order valence-electron chi connectivity index (χ4n) is 2.09. The van der Waals surface area contributed by atoms with Gasteiger partial charge in [-0.05, 0) is 24.3 Å². The van der Waals surface area contributed by atoms with Gasteiger partial charge in [-0.15, -0.1) is 0 Å². The van der Waals surface area contributed by atoms with Crippen molar-refractivity contribution in [2.75, 3.05) is 5.32 Å². The van der Waals surface area contributed by atoms with Crippen molar-refractivity contribution in [1.82, 2.24) is 9.97 Å². The van der Waals surface area contributed by atoms with Crippen molar-refractivity contribution in [3.63, 3.8) is 0 Å². The molecule has 114 valence electrons. The highest BCUT2D eigenvalue weighted by Gasteiger charge is 2.19. The smallest absolute Gasteiger partial charge is 0.299 e. The summed E-state index contributed by atoms with van der Waals surface area (Å²) in [6.07, 6.45) is 3.11. The molecular formula is C14H9N5O4. The van der Waals surface area contributed by atoms with E-state index in [-0.39, 0.29) is 17.1 Å². The van der Waals surface area contributed by atoms with E-state index < -0.39 is 9.85 Å². The molecule has 0 saturated carbocycles. The maximum absolute atomic E-state index is 11.1. The summed E-state index contributed by atoms with van der Waals surface area (Å²) in [5.41, 5.74) is 1.32. The maximum Gasteiger partial charge on any atom is 0.299 e. The molecule has 0 aliphatic carbocycles. The Morgan fingerprint density at radius 1 is 0.870 bits per heavy atom. The van der Waals surface area contributed by atoms with Crippen LogP contribution in [0.15, 0.2) is 48.8 Å². The molecule has 0 spiro atoms. The second kappa shape index (κ2) is 5.64. The molecule has 0 aliphatic heterocycles. The Kier molecular flexibility index (Phi) is 3.51. The third kappa shape index (κ3) is 2.88. The summed E-state index contributed by atoms with van der Waals surface area (Å²) in [5, 5.41) is 24.7. The number of nitrogens with one attached hydrogen (secondary N) is 1. The molecule has 1 heterocycles. The second-order valence-corrected chi connectivity index (χ2v) is 4.60. The van der Waals surface area contributed by atoms with Crippen molar-refractivity contribution < 1.29 is 9.85 Å². The molecule has 0 aliphatic rings. The van der Waals surface area contributed by atoms with Gasteiger partial charge >= 0.3 is 0 Å². The van der Waals surface area contributed by atoms with Crippen LogP contribution in [0.4, 0.5) is 22.7 Å². The molecule has 0 unspecified atom stereocenters. The number of fused-ring (bicyclic) bond motifs is 1. The van der Waals surface area contributed by atoms with Crippen molar-refractivity contribution in [3.8, 4) is 0 Å². The molecule has 3 aromatic rings. The predicted molar refractivity (Wildman–Crippen MR) is 82.6 cm³/mol. The number of nitro groups is 2. The molecule has 0 fully saturated rings. The molecular weight excluding hydrogens is 302 g/mol. The van der Waals surface area contributed by atoms with E-state index in [9.17, 15) is 20.2 Å². The summed E-state index contributed by atoms with van der Waals surface area (Å²) in [4.78, 5) is 28.8. The van der Waals surface area contributed by atoms with Gasteiger partial charge in [0, 0.05) is 24.1 Å². The largest absolute Gasteiger partial charge is 0.350 e. The average molecular weight is 311 g/mol. The van der Waals surface area contributed by atoms with Crippen LogP contribution in [0.5, 0.6) is 0 Å². The highest BCUT2D eigenvalue weighted by molar-refractivity contribution is 5.81. The van der Waals surface area contributed by atoms with Gasteiger partial charge in [0.1, 0.15) is 5.69 Å². The van der Waals surface area contributed by atoms with Crippen LogP contribution in [0, 0.1) is 20.2 Å². The van der Waals surface area contributed by atoms with Crippen molar-refractivity contribution >= 4 is 33.8 Å². The lowest BCUT2D eigenvalue weighted by molar-refractivity contribution is -0.393. The molecule has 0 saturated heterocycles. The molecule has 0 atom stereocenters. The van der Waals surface area contributed by atoms with E-state index in [1.807, 2.05) is 0 Å². The molecule has 3 rings (SSSR count). The van der Waals surface area contributed by atoms with Crippen LogP contribution in [-0.4, -0.2) is 19.8 Å². The van der Waals surface area contributed by atoms with Crippen LogP contribution >= 0.6 is 0 Å². The van der Waals surface area contributed by atoms with E-state index in [1.54, 1.807) is 30.6 Å². The molecule has 1 aromatic heterocycles. The van der Waals surface area contributed by atoms with Gasteiger partial charge in [0.2, 0.25) is 0 Å². The van der Waals surface area contributed by atoms with E-state index in [4.69, 9.17) is 0 Å². The first-order valence-electron chi connectivity index (χ1n) is 6.45. The molecule has 9 heteroatoms. The average Bonchev–Trinajstić information content (AvgIpc) is 2.54. The Bertz CT molecular complexity index is 928. The van der Waals surface area contributed by atoms with E-state index in [0.29, 0.717) is 16.7 Å². The number of benzene rings is 2. The lowest BCUT2D eigenvalue weighted by atomic mass is 10.2. The van der Waals surface area contributed by atoms with Gasteiger partial charge in [-0.2, -0.15) is 0 Å². The van der Waals surface area contributed by atoms with Gasteiger partial charge in [-0.3, -0.25) is 30.2 Å². The van der Waals surface area contributed by atoms with E-state index in [0.717, 1.165) is 6.07 Å². The Morgan fingerprint density at radius 2 is 1.61 bits per heavy atom. The first kappa shape index (κ1) is 14.3.